The molecule has 3 N–H and O–H groups in total. The first kappa shape index (κ1) is 15.0. The number of aryl methyl sites for hydroxylation is 1. The highest BCUT2D eigenvalue weighted by Gasteiger charge is 2.31. The maximum Gasteiger partial charge on any atom is 0.242 e. The Morgan fingerprint density at radius 3 is 2.64 bits per heavy atom. The van der Waals surface area contributed by atoms with Crippen LogP contribution in [-0.2, 0) is 4.79 Å². The highest BCUT2D eigenvalue weighted by atomic mass is 35.5. The number of carbonyl (C=O) groups excluding carboxylic acids is 1. The van der Waals surface area contributed by atoms with Gasteiger partial charge in [0.25, 0.3) is 0 Å². The van der Waals surface area contributed by atoms with Crippen molar-refractivity contribution in [3.63, 3.8) is 0 Å². The lowest BCUT2D eigenvalue weighted by atomic mass is 10.0. The fraction of sp³-hybridized carbons (Fsp3) is 0.235. The molecule has 1 saturated heterocycles. The molecular formula is C17H18ClN3O. The summed E-state index contributed by atoms with van der Waals surface area (Å²) in [6.45, 7) is 1.97. The van der Waals surface area contributed by atoms with E-state index in [1.807, 2.05) is 55.5 Å². The van der Waals surface area contributed by atoms with Crippen molar-refractivity contribution in [3.05, 3.63) is 64.7 Å². The average molecular weight is 316 g/mol. The summed E-state index contributed by atoms with van der Waals surface area (Å²) in [6.07, 6.45) is 0.654. The second-order valence-electron chi connectivity index (χ2n) is 5.46. The highest BCUT2D eigenvalue weighted by molar-refractivity contribution is 6.31. The molecule has 2 atom stereocenters. The first-order chi connectivity index (χ1) is 10.6. The van der Waals surface area contributed by atoms with Crippen molar-refractivity contribution < 1.29 is 4.79 Å². The Labute approximate surface area is 134 Å². The number of benzene rings is 2. The van der Waals surface area contributed by atoms with Crippen LogP contribution in [0.5, 0.6) is 0 Å². The summed E-state index contributed by atoms with van der Waals surface area (Å²) in [5, 5.41) is 3.67. The molecule has 2 aromatic rings. The van der Waals surface area contributed by atoms with Crippen LogP contribution < -0.4 is 16.2 Å². The highest BCUT2D eigenvalue weighted by Crippen LogP contribution is 2.28. The third-order valence-corrected chi connectivity index (χ3v) is 4.25. The summed E-state index contributed by atoms with van der Waals surface area (Å²) in [5.41, 5.74) is 9.09. The molecule has 22 heavy (non-hydrogen) atoms. The SMILES string of the molecule is Cc1ccccc1NC(=O)C1CC(c2ccccc2Cl)NN1. The molecule has 0 bridgehead atoms. The first-order valence-corrected chi connectivity index (χ1v) is 7.65. The number of rotatable bonds is 3. The van der Waals surface area contributed by atoms with Crippen molar-refractivity contribution in [2.24, 2.45) is 0 Å². The van der Waals surface area contributed by atoms with E-state index in [-0.39, 0.29) is 18.0 Å². The van der Waals surface area contributed by atoms with Crippen LogP contribution >= 0.6 is 11.6 Å². The van der Waals surface area contributed by atoms with Crippen LogP contribution in [-0.4, -0.2) is 11.9 Å². The quantitative estimate of drug-likeness (QED) is 0.815. The number of nitrogens with one attached hydrogen (secondary N) is 3. The van der Waals surface area contributed by atoms with Gasteiger partial charge in [0.1, 0.15) is 6.04 Å². The molecule has 0 spiro atoms. The van der Waals surface area contributed by atoms with Crippen molar-refractivity contribution in [3.8, 4) is 0 Å². The third kappa shape index (κ3) is 3.14. The summed E-state index contributed by atoms with van der Waals surface area (Å²) in [6, 6.07) is 15.2. The molecule has 1 aliphatic rings. The van der Waals surface area contributed by atoms with Crippen molar-refractivity contribution in [1.82, 2.24) is 10.9 Å². The van der Waals surface area contributed by atoms with Gasteiger partial charge >= 0.3 is 0 Å². The predicted molar refractivity (Wildman–Crippen MR) is 88.7 cm³/mol. The molecule has 0 aliphatic carbocycles. The smallest absolute Gasteiger partial charge is 0.242 e. The predicted octanol–water partition coefficient (Wildman–Crippen LogP) is 3.19. The Morgan fingerprint density at radius 1 is 1.14 bits per heavy atom. The number of carbonyl (C=O) groups is 1. The summed E-state index contributed by atoms with van der Waals surface area (Å²) in [5.74, 6) is -0.0450. The van der Waals surface area contributed by atoms with Gasteiger partial charge in [-0.25, -0.2) is 10.9 Å². The molecule has 2 aromatic carbocycles. The van der Waals surface area contributed by atoms with Gasteiger partial charge in [0, 0.05) is 16.8 Å². The number of para-hydroxylation sites is 1. The van der Waals surface area contributed by atoms with E-state index in [0.717, 1.165) is 16.8 Å². The number of halogens is 1. The van der Waals surface area contributed by atoms with Crippen LogP contribution in [0.3, 0.4) is 0 Å². The average Bonchev–Trinajstić information content (AvgIpc) is 3.00. The lowest BCUT2D eigenvalue weighted by molar-refractivity contribution is -0.117. The van der Waals surface area contributed by atoms with Crippen LogP contribution in [0, 0.1) is 6.92 Å². The Kier molecular flexibility index (Phi) is 4.43. The molecule has 5 heteroatoms. The van der Waals surface area contributed by atoms with Gasteiger partial charge in [-0.3, -0.25) is 4.79 Å². The van der Waals surface area contributed by atoms with Crippen LogP contribution in [0.4, 0.5) is 5.69 Å². The molecule has 1 fully saturated rings. The van der Waals surface area contributed by atoms with Crippen molar-refractivity contribution >= 4 is 23.2 Å². The summed E-state index contributed by atoms with van der Waals surface area (Å²) >= 11 is 6.21. The molecule has 1 aliphatic heterocycles. The zero-order valence-electron chi connectivity index (χ0n) is 12.3. The fourth-order valence-electron chi connectivity index (χ4n) is 2.62. The summed E-state index contributed by atoms with van der Waals surface area (Å²) in [7, 11) is 0. The Balaban J connectivity index is 1.67. The van der Waals surface area contributed by atoms with Crippen molar-refractivity contribution in [2.45, 2.75) is 25.4 Å². The zero-order chi connectivity index (χ0) is 15.5. The molecule has 1 amide bonds. The van der Waals surface area contributed by atoms with E-state index in [1.54, 1.807) is 0 Å². The number of hydrogen-bond acceptors (Lipinski definition) is 3. The number of amides is 1. The van der Waals surface area contributed by atoms with Crippen LogP contribution in [0.1, 0.15) is 23.6 Å². The van der Waals surface area contributed by atoms with E-state index < -0.39 is 0 Å². The van der Waals surface area contributed by atoms with Crippen molar-refractivity contribution in [2.75, 3.05) is 5.32 Å². The largest absolute Gasteiger partial charge is 0.324 e. The second kappa shape index (κ2) is 6.48. The van der Waals surface area contributed by atoms with Crippen LogP contribution in [0.15, 0.2) is 48.5 Å². The fourth-order valence-corrected chi connectivity index (χ4v) is 2.89. The van der Waals surface area contributed by atoms with Gasteiger partial charge in [-0.05, 0) is 36.6 Å². The number of hydrazine groups is 1. The van der Waals surface area contributed by atoms with Gasteiger partial charge in [0.15, 0.2) is 0 Å². The van der Waals surface area contributed by atoms with E-state index in [0.29, 0.717) is 11.4 Å². The number of hydrogen-bond donors (Lipinski definition) is 3. The van der Waals surface area contributed by atoms with Crippen LogP contribution in [0.2, 0.25) is 5.02 Å². The van der Waals surface area contributed by atoms with Crippen LogP contribution in [0.25, 0.3) is 0 Å². The number of anilines is 1. The van der Waals surface area contributed by atoms with Gasteiger partial charge in [-0.15, -0.1) is 0 Å². The van der Waals surface area contributed by atoms with E-state index in [4.69, 9.17) is 11.6 Å². The molecular weight excluding hydrogens is 298 g/mol. The maximum atomic E-state index is 12.4. The van der Waals surface area contributed by atoms with Gasteiger partial charge in [-0.2, -0.15) is 0 Å². The molecule has 2 unspecified atom stereocenters. The molecule has 1 heterocycles. The van der Waals surface area contributed by atoms with E-state index >= 15 is 0 Å². The summed E-state index contributed by atoms with van der Waals surface area (Å²) < 4.78 is 0. The summed E-state index contributed by atoms with van der Waals surface area (Å²) in [4.78, 5) is 12.4. The minimum absolute atomic E-state index is 0.0290. The molecule has 3 rings (SSSR count). The third-order valence-electron chi connectivity index (χ3n) is 3.90. The zero-order valence-corrected chi connectivity index (χ0v) is 13.0. The lowest BCUT2D eigenvalue weighted by Gasteiger charge is -2.12. The van der Waals surface area contributed by atoms with E-state index in [2.05, 4.69) is 16.2 Å². The van der Waals surface area contributed by atoms with E-state index in [9.17, 15) is 4.79 Å². The molecule has 0 aromatic heterocycles. The molecule has 0 radical (unpaired) electrons. The normalized spacial score (nSPS) is 20.8. The van der Waals surface area contributed by atoms with Gasteiger partial charge in [-0.1, -0.05) is 48.0 Å². The Bertz CT molecular complexity index is 689. The second-order valence-corrected chi connectivity index (χ2v) is 5.86. The minimum atomic E-state index is -0.291. The van der Waals surface area contributed by atoms with Crippen molar-refractivity contribution in [1.29, 1.82) is 0 Å². The standard InChI is InChI=1S/C17H18ClN3O/c1-11-6-2-5-9-14(11)19-17(22)16-10-15(20-21-16)12-7-3-4-8-13(12)18/h2-9,15-16,20-21H,10H2,1H3,(H,19,22). The topological polar surface area (TPSA) is 53.2 Å². The first-order valence-electron chi connectivity index (χ1n) is 7.27. The molecule has 4 nitrogen and oxygen atoms in total. The Morgan fingerprint density at radius 2 is 1.86 bits per heavy atom. The molecule has 114 valence electrons. The monoisotopic (exact) mass is 315 g/mol. The van der Waals surface area contributed by atoms with Gasteiger partial charge < -0.3 is 5.32 Å². The maximum absolute atomic E-state index is 12.4. The van der Waals surface area contributed by atoms with E-state index in [1.165, 1.54) is 0 Å². The Hall–Kier alpha value is -1.88. The lowest BCUT2D eigenvalue weighted by Crippen LogP contribution is -2.39. The molecule has 0 saturated carbocycles. The van der Waals surface area contributed by atoms with Gasteiger partial charge in [0.05, 0.1) is 0 Å². The minimum Gasteiger partial charge on any atom is -0.324 e. The van der Waals surface area contributed by atoms with Gasteiger partial charge in [0.2, 0.25) is 5.91 Å².